The van der Waals surface area contributed by atoms with Gasteiger partial charge in [-0.05, 0) is 0 Å². The standard InChI is InChI=1S/C7H12N4.2ClH/c8-1-2-9-5-7-6-10-3-4-11-7;;/h3-4,6,9H,1-2,5,8H2;2*1H. The molecule has 0 atom stereocenters. The monoisotopic (exact) mass is 224 g/mol. The molecule has 0 radical (unpaired) electrons. The van der Waals surface area contributed by atoms with Gasteiger partial charge in [0.2, 0.25) is 0 Å². The lowest BCUT2D eigenvalue weighted by Crippen LogP contribution is -2.22. The fourth-order valence-corrected chi connectivity index (χ4v) is 0.740. The van der Waals surface area contributed by atoms with Gasteiger partial charge in [-0.2, -0.15) is 0 Å². The van der Waals surface area contributed by atoms with Crippen LogP contribution in [0, 0.1) is 0 Å². The van der Waals surface area contributed by atoms with Crippen LogP contribution >= 0.6 is 24.8 Å². The molecule has 1 heterocycles. The van der Waals surface area contributed by atoms with E-state index in [9.17, 15) is 0 Å². The first-order valence-corrected chi connectivity index (χ1v) is 3.59. The summed E-state index contributed by atoms with van der Waals surface area (Å²) in [5, 5.41) is 3.12. The first-order chi connectivity index (χ1) is 5.43. The number of rotatable bonds is 4. The van der Waals surface area contributed by atoms with Gasteiger partial charge in [-0.25, -0.2) is 0 Å². The zero-order chi connectivity index (χ0) is 7.94. The molecular formula is C7H14Cl2N4. The van der Waals surface area contributed by atoms with Crippen molar-refractivity contribution in [3.05, 3.63) is 24.3 Å². The van der Waals surface area contributed by atoms with Crippen molar-refractivity contribution >= 4 is 24.8 Å². The van der Waals surface area contributed by atoms with E-state index in [-0.39, 0.29) is 24.8 Å². The van der Waals surface area contributed by atoms with Gasteiger partial charge in [0.1, 0.15) is 0 Å². The lowest BCUT2D eigenvalue weighted by molar-refractivity contribution is 0.679. The van der Waals surface area contributed by atoms with Crippen molar-refractivity contribution in [2.24, 2.45) is 5.73 Å². The van der Waals surface area contributed by atoms with Crippen molar-refractivity contribution in [1.29, 1.82) is 0 Å². The van der Waals surface area contributed by atoms with Gasteiger partial charge >= 0.3 is 0 Å². The van der Waals surface area contributed by atoms with Crippen LogP contribution < -0.4 is 11.1 Å². The third kappa shape index (κ3) is 6.72. The van der Waals surface area contributed by atoms with Gasteiger partial charge in [0.05, 0.1) is 5.69 Å². The molecular weight excluding hydrogens is 211 g/mol. The fraction of sp³-hybridized carbons (Fsp3) is 0.429. The van der Waals surface area contributed by atoms with Crippen LogP contribution in [0.1, 0.15) is 5.69 Å². The topological polar surface area (TPSA) is 63.8 Å². The molecule has 0 fully saturated rings. The molecule has 0 bridgehead atoms. The van der Waals surface area contributed by atoms with E-state index in [1.54, 1.807) is 18.6 Å². The zero-order valence-electron chi connectivity index (χ0n) is 7.14. The summed E-state index contributed by atoms with van der Waals surface area (Å²) in [6.07, 6.45) is 5.08. The first-order valence-electron chi connectivity index (χ1n) is 3.59. The molecule has 0 aliphatic rings. The minimum absolute atomic E-state index is 0. The molecule has 0 saturated heterocycles. The van der Waals surface area contributed by atoms with Crippen molar-refractivity contribution in [3.8, 4) is 0 Å². The van der Waals surface area contributed by atoms with Crippen molar-refractivity contribution in [3.63, 3.8) is 0 Å². The molecule has 0 aliphatic carbocycles. The summed E-state index contributed by atoms with van der Waals surface area (Å²) in [7, 11) is 0. The summed E-state index contributed by atoms with van der Waals surface area (Å²) in [6, 6.07) is 0. The van der Waals surface area contributed by atoms with Crippen LogP contribution in [-0.2, 0) is 6.54 Å². The molecule has 0 aromatic carbocycles. The second kappa shape index (κ2) is 9.67. The van der Waals surface area contributed by atoms with E-state index in [0.717, 1.165) is 18.8 Å². The van der Waals surface area contributed by atoms with Crippen LogP contribution in [0.3, 0.4) is 0 Å². The van der Waals surface area contributed by atoms with E-state index >= 15 is 0 Å². The van der Waals surface area contributed by atoms with Gasteiger partial charge in [0.25, 0.3) is 0 Å². The highest BCUT2D eigenvalue weighted by atomic mass is 35.5. The van der Waals surface area contributed by atoms with Crippen molar-refractivity contribution < 1.29 is 0 Å². The zero-order valence-corrected chi connectivity index (χ0v) is 8.77. The summed E-state index contributed by atoms with van der Waals surface area (Å²) in [6.45, 7) is 2.21. The summed E-state index contributed by atoms with van der Waals surface area (Å²) in [4.78, 5) is 8.01. The van der Waals surface area contributed by atoms with Crippen LogP contribution in [0.4, 0.5) is 0 Å². The normalized spacial score (nSPS) is 8.38. The minimum atomic E-state index is 0. The van der Waals surface area contributed by atoms with Gasteiger partial charge in [-0.1, -0.05) is 0 Å². The summed E-state index contributed by atoms with van der Waals surface area (Å²) < 4.78 is 0. The Kier molecular flexibility index (Phi) is 11.2. The van der Waals surface area contributed by atoms with E-state index in [0.29, 0.717) is 6.54 Å². The Labute approximate surface area is 90.2 Å². The summed E-state index contributed by atoms with van der Waals surface area (Å²) in [5.74, 6) is 0. The number of nitrogens with one attached hydrogen (secondary N) is 1. The van der Waals surface area contributed by atoms with Crippen LogP contribution in [0.2, 0.25) is 0 Å². The Morgan fingerprint density at radius 2 is 2.08 bits per heavy atom. The molecule has 0 unspecified atom stereocenters. The second-order valence-corrected chi connectivity index (χ2v) is 2.16. The predicted octanol–water partition coefficient (Wildman–Crippen LogP) is 0.368. The van der Waals surface area contributed by atoms with Gasteiger partial charge in [0.15, 0.2) is 0 Å². The number of nitrogens with two attached hydrogens (primary N) is 1. The van der Waals surface area contributed by atoms with Crippen LogP contribution in [-0.4, -0.2) is 23.1 Å². The molecule has 0 aliphatic heterocycles. The maximum Gasteiger partial charge on any atom is 0.0724 e. The molecule has 0 saturated carbocycles. The Balaban J connectivity index is 0. The molecule has 76 valence electrons. The molecule has 13 heavy (non-hydrogen) atoms. The molecule has 6 heteroatoms. The van der Waals surface area contributed by atoms with Crippen molar-refractivity contribution in [2.45, 2.75) is 6.54 Å². The SMILES string of the molecule is Cl.Cl.NCCNCc1cnccn1. The Bertz CT molecular complexity index is 195. The molecule has 1 rings (SSSR count). The van der Waals surface area contributed by atoms with Crippen LogP contribution in [0.5, 0.6) is 0 Å². The lowest BCUT2D eigenvalue weighted by Gasteiger charge is -1.99. The highest BCUT2D eigenvalue weighted by Gasteiger charge is 1.89. The molecule has 0 spiro atoms. The number of aromatic nitrogens is 2. The molecule has 3 N–H and O–H groups in total. The largest absolute Gasteiger partial charge is 0.329 e. The number of hydrogen-bond donors (Lipinski definition) is 2. The number of halogens is 2. The maximum atomic E-state index is 5.29. The Morgan fingerprint density at radius 1 is 1.31 bits per heavy atom. The smallest absolute Gasteiger partial charge is 0.0724 e. The van der Waals surface area contributed by atoms with Gasteiger partial charge in [-0.3, -0.25) is 9.97 Å². The quantitative estimate of drug-likeness (QED) is 0.726. The first kappa shape index (κ1) is 15.1. The van der Waals surface area contributed by atoms with Gasteiger partial charge < -0.3 is 11.1 Å². The van der Waals surface area contributed by atoms with E-state index in [1.807, 2.05) is 0 Å². The van der Waals surface area contributed by atoms with E-state index in [4.69, 9.17) is 5.73 Å². The Hall–Kier alpha value is -0.420. The van der Waals surface area contributed by atoms with Crippen LogP contribution in [0.15, 0.2) is 18.6 Å². The third-order valence-corrected chi connectivity index (χ3v) is 1.24. The van der Waals surface area contributed by atoms with Crippen molar-refractivity contribution in [1.82, 2.24) is 15.3 Å². The number of hydrogen-bond acceptors (Lipinski definition) is 4. The summed E-state index contributed by atoms with van der Waals surface area (Å²) >= 11 is 0. The van der Waals surface area contributed by atoms with Gasteiger partial charge in [0, 0.05) is 38.2 Å². The Morgan fingerprint density at radius 3 is 2.62 bits per heavy atom. The fourth-order valence-electron chi connectivity index (χ4n) is 0.740. The van der Waals surface area contributed by atoms with E-state index in [1.165, 1.54) is 0 Å². The molecule has 1 aromatic rings. The average Bonchev–Trinajstić information content (AvgIpc) is 2.07. The van der Waals surface area contributed by atoms with Crippen molar-refractivity contribution in [2.75, 3.05) is 13.1 Å². The summed E-state index contributed by atoms with van der Waals surface area (Å²) in [5.41, 5.74) is 6.24. The third-order valence-electron chi connectivity index (χ3n) is 1.24. The maximum absolute atomic E-state index is 5.29. The van der Waals surface area contributed by atoms with E-state index in [2.05, 4.69) is 15.3 Å². The lowest BCUT2D eigenvalue weighted by atomic mass is 10.4. The highest BCUT2D eigenvalue weighted by molar-refractivity contribution is 5.85. The molecule has 1 aromatic heterocycles. The highest BCUT2D eigenvalue weighted by Crippen LogP contribution is 1.86. The van der Waals surface area contributed by atoms with Gasteiger partial charge in [-0.15, -0.1) is 24.8 Å². The minimum Gasteiger partial charge on any atom is -0.329 e. The average molecular weight is 225 g/mol. The molecule has 0 amide bonds. The predicted molar refractivity (Wildman–Crippen MR) is 57.3 cm³/mol. The van der Waals surface area contributed by atoms with Crippen LogP contribution in [0.25, 0.3) is 0 Å². The molecule has 4 nitrogen and oxygen atoms in total. The second-order valence-electron chi connectivity index (χ2n) is 2.16. The van der Waals surface area contributed by atoms with E-state index < -0.39 is 0 Å². The number of nitrogens with zero attached hydrogens (tertiary/aromatic N) is 2.